The third kappa shape index (κ3) is 2.88. The normalized spacial score (nSPS) is 22.5. The van der Waals surface area contributed by atoms with Crippen molar-refractivity contribution in [1.82, 2.24) is 4.90 Å². The molecule has 0 atom stereocenters. The highest BCUT2D eigenvalue weighted by atomic mass is 35.5. The van der Waals surface area contributed by atoms with Crippen molar-refractivity contribution in [2.24, 2.45) is 11.1 Å². The van der Waals surface area contributed by atoms with Gasteiger partial charge in [-0.25, -0.2) is 0 Å². The van der Waals surface area contributed by atoms with Gasteiger partial charge in [0.15, 0.2) is 0 Å². The lowest BCUT2D eigenvalue weighted by Crippen LogP contribution is -2.49. The summed E-state index contributed by atoms with van der Waals surface area (Å²) in [7, 11) is 0. The second-order valence-corrected chi connectivity index (χ2v) is 6.33. The molecule has 4 heteroatoms. The van der Waals surface area contributed by atoms with Gasteiger partial charge < -0.3 is 10.6 Å². The summed E-state index contributed by atoms with van der Waals surface area (Å²) in [6.07, 6.45) is 2.63. The van der Waals surface area contributed by atoms with Crippen LogP contribution in [0.25, 0.3) is 0 Å². The molecule has 0 unspecified atom stereocenters. The van der Waals surface area contributed by atoms with Crippen molar-refractivity contribution in [3.8, 4) is 0 Å². The van der Waals surface area contributed by atoms with Crippen LogP contribution in [-0.2, 0) is 0 Å². The van der Waals surface area contributed by atoms with E-state index in [1.165, 1.54) is 25.1 Å². The van der Waals surface area contributed by atoms with Crippen LogP contribution in [0.2, 0.25) is 5.02 Å². The monoisotopic (exact) mass is 279 g/mol. The Morgan fingerprint density at radius 1 is 1.11 bits per heavy atom. The summed E-state index contributed by atoms with van der Waals surface area (Å²) in [6.45, 7) is 6.38. The van der Waals surface area contributed by atoms with Crippen LogP contribution in [0, 0.1) is 5.41 Å². The van der Waals surface area contributed by atoms with E-state index in [0.717, 1.165) is 37.7 Å². The molecular formula is C15H22ClN3. The van der Waals surface area contributed by atoms with E-state index in [4.69, 9.17) is 17.3 Å². The summed E-state index contributed by atoms with van der Waals surface area (Å²) in [5.41, 5.74) is 7.49. The first-order chi connectivity index (χ1) is 9.22. The zero-order chi connectivity index (χ0) is 13.3. The minimum absolute atomic E-state index is 0.451. The second kappa shape index (κ2) is 5.31. The van der Waals surface area contributed by atoms with Gasteiger partial charge in [-0.15, -0.1) is 0 Å². The number of anilines is 1. The van der Waals surface area contributed by atoms with E-state index in [1.54, 1.807) is 0 Å². The summed E-state index contributed by atoms with van der Waals surface area (Å²) in [6, 6.07) is 8.12. The predicted octanol–water partition coefficient (Wildman–Crippen LogP) is 2.20. The molecule has 1 aromatic rings. The molecule has 1 saturated heterocycles. The quantitative estimate of drug-likeness (QED) is 0.917. The first-order valence-electron chi connectivity index (χ1n) is 7.14. The lowest BCUT2D eigenvalue weighted by atomic mass is 10.1. The average Bonchev–Trinajstić information content (AvgIpc) is 3.21. The first kappa shape index (κ1) is 13.2. The maximum absolute atomic E-state index is 6.26. The minimum Gasteiger partial charge on any atom is -0.368 e. The number of nitrogens with two attached hydrogens (primary N) is 1. The lowest BCUT2D eigenvalue weighted by molar-refractivity contribution is 0.211. The summed E-state index contributed by atoms with van der Waals surface area (Å²) >= 11 is 6.26. The van der Waals surface area contributed by atoms with Gasteiger partial charge in [0.25, 0.3) is 0 Å². The molecule has 19 heavy (non-hydrogen) atoms. The van der Waals surface area contributed by atoms with E-state index in [2.05, 4.69) is 21.9 Å². The highest BCUT2D eigenvalue weighted by Crippen LogP contribution is 2.45. The van der Waals surface area contributed by atoms with Gasteiger partial charge in [0.05, 0.1) is 10.7 Å². The molecule has 2 N–H and O–H groups in total. The van der Waals surface area contributed by atoms with E-state index in [9.17, 15) is 0 Å². The molecule has 1 saturated carbocycles. The number of rotatable bonds is 4. The zero-order valence-corrected chi connectivity index (χ0v) is 12.1. The fourth-order valence-electron chi connectivity index (χ4n) is 2.93. The highest BCUT2D eigenvalue weighted by molar-refractivity contribution is 6.33. The van der Waals surface area contributed by atoms with Crippen molar-refractivity contribution in [3.05, 3.63) is 29.3 Å². The van der Waals surface area contributed by atoms with Crippen LogP contribution in [0.4, 0.5) is 5.69 Å². The molecule has 2 aliphatic rings. The van der Waals surface area contributed by atoms with Crippen LogP contribution < -0.4 is 10.6 Å². The van der Waals surface area contributed by atoms with E-state index < -0.39 is 0 Å². The highest BCUT2D eigenvalue weighted by Gasteiger charge is 2.42. The molecule has 0 radical (unpaired) electrons. The molecule has 1 aliphatic carbocycles. The molecule has 0 spiro atoms. The maximum atomic E-state index is 6.26. The van der Waals surface area contributed by atoms with Crippen molar-refractivity contribution in [2.45, 2.75) is 12.8 Å². The largest absolute Gasteiger partial charge is 0.368 e. The molecule has 0 aromatic heterocycles. The molecule has 1 aliphatic heterocycles. The molecule has 0 amide bonds. The van der Waals surface area contributed by atoms with Crippen molar-refractivity contribution < 1.29 is 0 Å². The SMILES string of the molecule is NCC1(CN2CCN(c3ccccc3Cl)CC2)CC1. The summed E-state index contributed by atoms with van der Waals surface area (Å²) < 4.78 is 0. The number of piperazine rings is 1. The molecule has 0 bridgehead atoms. The van der Waals surface area contributed by atoms with Crippen LogP contribution >= 0.6 is 11.6 Å². The Morgan fingerprint density at radius 2 is 1.79 bits per heavy atom. The molecule has 3 nitrogen and oxygen atoms in total. The standard InChI is InChI=1S/C15H22ClN3/c16-13-3-1-2-4-14(13)19-9-7-18(8-10-19)12-15(11-17)5-6-15/h1-4H,5-12,17H2. The van der Waals surface area contributed by atoms with Gasteiger partial charge >= 0.3 is 0 Å². The van der Waals surface area contributed by atoms with E-state index in [0.29, 0.717) is 5.41 Å². The number of halogens is 1. The van der Waals surface area contributed by atoms with Crippen molar-refractivity contribution in [2.75, 3.05) is 44.2 Å². The second-order valence-electron chi connectivity index (χ2n) is 5.92. The number of para-hydroxylation sites is 1. The Kier molecular flexibility index (Phi) is 3.70. The molecule has 1 aromatic carbocycles. The molecule has 2 fully saturated rings. The van der Waals surface area contributed by atoms with Gasteiger partial charge in [0, 0.05) is 32.7 Å². The summed E-state index contributed by atoms with van der Waals surface area (Å²) in [4.78, 5) is 4.95. The Hall–Kier alpha value is -0.770. The van der Waals surface area contributed by atoms with Crippen molar-refractivity contribution in [1.29, 1.82) is 0 Å². The van der Waals surface area contributed by atoms with E-state index in [1.807, 2.05) is 12.1 Å². The number of hydrogen-bond acceptors (Lipinski definition) is 3. The lowest BCUT2D eigenvalue weighted by Gasteiger charge is -2.38. The molecular weight excluding hydrogens is 258 g/mol. The van der Waals surface area contributed by atoms with E-state index in [-0.39, 0.29) is 0 Å². The third-order valence-electron chi connectivity index (χ3n) is 4.51. The van der Waals surface area contributed by atoms with Crippen LogP contribution in [0.3, 0.4) is 0 Å². The summed E-state index contributed by atoms with van der Waals surface area (Å²) in [5, 5.41) is 0.858. The average molecular weight is 280 g/mol. The maximum Gasteiger partial charge on any atom is 0.0639 e. The number of nitrogens with zero attached hydrogens (tertiary/aromatic N) is 2. The Morgan fingerprint density at radius 3 is 2.37 bits per heavy atom. The summed E-state index contributed by atoms with van der Waals surface area (Å²) in [5.74, 6) is 0. The molecule has 104 valence electrons. The topological polar surface area (TPSA) is 32.5 Å². The Bertz CT molecular complexity index is 437. The van der Waals surface area contributed by atoms with Gasteiger partial charge in [0.2, 0.25) is 0 Å². The zero-order valence-electron chi connectivity index (χ0n) is 11.3. The van der Waals surface area contributed by atoms with Gasteiger partial charge in [-0.05, 0) is 36.9 Å². The van der Waals surface area contributed by atoms with Crippen LogP contribution in [-0.4, -0.2) is 44.2 Å². The molecule has 1 heterocycles. The Labute approximate surface area is 120 Å². The van der Waals surface area contributed by atoms with Crippen LogP contribution in [0.15, 0.2) is 24.3 Å². The Balaban J connectivity index is 1.56. The van der Waals surface area contributed by atoms with Crippen molar-refractivity contribution >= 4 is 17.3 Å². The minimum atomic E-state index is 0.451. The van der Waals surface area contributed by atoms with Gasteiger partial charge in [-0.3, -0.25) is 4.90 Å². The van der Waals surface area contributed by atoms with E-state index >= 15 is 0 Å². The van der Waals surface area contributed by atoms with Crippen LogP contribution in [0.1, 0.15) is 12.8 Å². The third-order valence-corrected chi connectivity index (χ3v) is 4.83. The number of benzene rings is 1. The number of hydrogen-bond donors (Lipinski definition) is 1. The fourth-order valence-corrected chi connectivity index (χ4v) is 3.19. The molecule has 3 rings (SSSR count). The fraction of sp³-hybridized carbons (Fsp3) is 0.600. The van der Waals surface area contributed by atoms with Gasteiger partial charge in [-0.1, -0.05) is 23.7 Å². The van der Waals surface area contributed by atoms with Gasteiger partial charge in [-0.2, -0.15) is 0 Å². The van der Waals surface area contributed by atoms with Crippen LogP contribution in [0.5, 0.6) is 0 Å². The first-order valence-corrected chi connectivity index (χ1v) is 7.52. The van der Waals surface area contributed by atoms with Crippen molar-refractivity contribution in [3.63, 3.8) is 0 Å². The van der Waals surface area contributed by atoms with Gasteiger partial charge in [0.1, 0.15) is 0 Å². The smallest absolute Gasteiger partial charge is 0.0639 e. The predicted molar refractivity (Wildman–Crippen MR) is 80.8 cm³/mol.